The van der Waals surface area contributed by atoms with E-state index in [2.05, 4.69) is 120 Å². The summed E-state index contributed by atoms with van der Waals surface area (Å²) in [6.45, 7) is 0. The zero-order chi connectivity index (χ0) is 29.2. The summed E-state index contributed by atoms with van der Waals surface area (Å²) in [5.41, 5.74) is 5.38. The molecule has 11 aromatic rings. The summed E-state index contributed by atoms with van der Waals surface area (Å²) in [5.74, 6) is 0. The number of hydrogen-bond donors (Lipinski definition) is 0. The third kappa shape index (κ3) is 3.40. The highest BCUT2D eigenvalue weighted by Crippen LogP contribution is 2.52. The van der Waals surface area contributed by atoms with Crippen LogP contribution in [0, 0.1) is 0 Å². The van der Waals surface area contributed by atoms with Gasteiger partial charge in [-0.3, -0.25) is 0 Å². The predicted octanol–water partition coefficient (Wildman–Crippen LogP) is 14.6. The first-order chi connectivity index (χ1) is 22.3. The van der Waals surface area contributed by atoms with E-state index in [4.69, 9.17) is 0 Å². The van der Waals surface area contributed by atoms with Gasteiger partial charge < -0.3 is 0 Å². The van der Waals surface area contributed by atoms with E-state index in [1.54, 1.807) is 0 Å². The Bertz CT molecular complexity index is 2790. The minimum Gasteiger partial charge on any atom is -0.143 e. The van der Waals surface area contributed by atoms with Crippen molar-refractivity contribution in [3.05, 3.63) is 120 Å². The first-order valence-corrected chi connectivity index (χ1v) is 19.1. The van der Waals surface area contributed by atoms with Crippen molar-refractivity contribution < 1.29 is 0 Å². The van der Waals surface area contributed by atoms with Gasteiger partial charge in [-0.2, -0.15) is 0 Å². The Morgan fingerprint density at radius 2 is 0.778 bits per heavy atom. The highest BCUT2D eigenvalue weighted by molar-refractivity contribution is 7.29. The Hall–Kier alpha value is -4.10. The Balaban J connectivity index is 1.22. The van der Waals surface area contributed by atoms with Crippen LogP contribution in [-0.2, 0) is 0 Å². The second-order valence-corrected chi connectivity index (χ2v) is 16.6. The van der Waals surface area contributed by atoms with Crippen LogP contribution in [-0.4, -0.2) is 0 Å². The van der Waals surface area contributed by atoms with Crippen molar-refractivity contribution in [2.45, 2.75) is 0 Å². The summed E-state index contributed by atoms with van der Waals surface area (Å²) < 4.78 is 11.0. The molecular weight excluding hydrogens is 641 g/mol. The van der Waals surface area contributed by atoms with Crippen molar-refractivity contribution in [1.29, 1.82) is 0 Å². The number of rotatable bonds is 2. The van der Waals surface area contributed by atoms with Crippen LogP contribution in [0.15, 0.2) is 120 Å². The van der Waals surface area contributed by atoms with Crippen molar-refractivity contribution >= 4 is 137 Å². The molecule has 5 heteroatoms. The largest absolute Gasteiger partial charge is 0.143 e. The van der Waals surface area contributed by atoms with E-state index in [0.717, 1.165) is 0 Å². The molecule has 0 aliphatic heterocycles. The van der Waals surface area contributed by atoms with Crippen LogP contribution in [0.5, 0.6) is 0 Å². The maximum absolute atomic E-state index is 2.49. The molecule has 5 aromatic heterocycles. The van der Waals surface area contributed by atoms with Gasteiger partial charge in [0.1, 0.15) is 0 Å². The molecule has 0 amide bonds. The second-order valence-electron chi connectivity index (χ2n) is 11.6. The smallest absolute Gasteiger partial charge is 0.0442 e. The van der Waals surface area contributed by atoms with Crippen LogP contribution in [0.2, 0.25) is 0 Å². The lowest BCUT2D eigenvalue weighted by Gasteiger charge is -2.09. The van der Waals surface area contributed by atoms with Gasteiger partial charge in [0, 0.05) is 91.8 Å². The van der Waals surface area contributed by atoms with E-state index in [0.29, 0.717) is 0 Å². The third-order valence-electron chi connectivity index (χ3n) is 9.27. The van der Waals surface area contributed by atoms with E-state index in [9.17, 15) is 0 Å². The predicted molar refractivity (Wildman–Crippen MR) is 207 cm³/mol. The standard InChI is InChI=1S/C40H20S5/c1-3-13-31-21(7-1)23-9-5-11-25(37(23)44-31)29-19-33-35(39-27(29)15-17-41-39)36-34(43-33)20-30(28-16-18-42-40(28)36)26-12-6-10-24-22-8-2-4-14-32(22)45-38(24)26/h1-20H. The quantitative estimate of drug-likeness (QED) is 0.173. The molecule has 0 aliphatic rings. The van der Waals surface area contributed by atoms with Crippen LogP contribution in [0.3, 0.4) is 0 Å². The van der Waals surface area contributed by atoms with Crippen LogP contribution in [0.1, 0.15) is 0 Å². The molecule has 5 heterocycles. The van der Waals surface area contributed by atoms with E-state index >= 15 is 0 Å². The highest BCUT2D eigenvalue weighted by atomic mass is 32.1. The van der Waals surface area contributed by atoms with Gasteiger partial charge in [-0.1, -0.05) is 72.8 Å². The number of thiophene rings is 5. The Labute approximate surface area is 277 Å². The lowest BCUT2D eigenvalue weighted by atomic mass is 9.96. The van der Waals surface area contributed by atoms with Crippen molar-refractivity contribution in [1.82, 2.24) is 0 Å². The molecule has 11 rings (SSSR count). The van der Waals surface area contributed by atoms with Gasteiger partial charge in [0.2, 0.25) is 0 Å². The lowest BCUT2D eigenvalue weighted by molar-refractivity contribution is 1.79. The first kappa shape index (κ1) is 25.1. The minimum atomic E-state index is 1.34. The highest BCUT2D eigenvalue weighted by Gasteiger charge is 2.21. The molecule has 6 aromatic carbocycles. The molecule has 0 unspecified atom stereocenters. The molecule has 0 nitrogen and oxygen atoms in total. The topological polar surface area (TPSA) is 0 Å². The summed E-state index contributed by atoms with van der Waals surface area (Å²) in [6.07, 6.45) is 0. The SMILES string of the molecule is c1ccc2c(c1)sc1c(-c3cc4sc5cc(-c6cccc7c6sc6ccccc67)c6ccsc6c5c4c4sccc34)cccc12. The molecule has 0 spiro atoms. The monoisotopic (exact) mass is 660 g/mol. The summed E-state index contributed by atoms with van der Waals surface area (Å²) in [5, 5.41) is 15.5. The number of hydrogen-bond acceptors (Lipinski definition) is 5. The molecule has 45 heavy (non-hydrogen) atoms. The molecular formula is C40H20S5. The number of fused-ring (bicyclic) bond motifs is 13. The molecule has 0 N–H and O–H groups in total. The van der Waals surface area contributed by atoms with Crippen LogP contribution < -0.4 is 0 Å². The summed E-state index contributed by atoms with van der Waals surface area (Å²) in [6, 6.07) is 41.0. The van der Waals surface area contributed by atoms with Gasteiger partial charge in [-0.15, -0.1) is 56.7 Å². The van der Waals surface area contributed by atoms with Crippen LogP contribution >= 0.6 is 56.7 Å². The fourth-order valence-electron chi connectivity index (χ4n) is 7.33. The normalized spacial score (nSPS) is 12.4. The van der Waals surface area contributed by atoms with Gasteiger partial charge in [0.25, 0.3) is 0 Å². The fraction of sp³-hybridized carbons (Fsp3) is 0. The minimum absolute atomic E-state index is 1.34. The zero-order valence-corrected chi connectivity index (χ0v) is 27.7. The van der Waals surface area contributed by atoms with Crippen molar-refractivity contribution in [3.8, 4) is 22.3 Å². The third-order valence-corrected chi connectivity index (χ3v) is 14.7. The maximum atomic E-state index is 2.49. The van der Waals surface area contributed by atoms with Gasteiger partial charge in [0.05, 0.1) is 0 Å². The van der Waals surface area contributed by atoms with Crippen LogP contribution in [0.25, 0.3) is 103 Å². The average molecular weight is 661 g/mol. The molecule has 0 radical (unpaired) electrons. The molecule has 0 aliphatic carbocycles. The van der Waals surface area contributed by atoms with E-state index in [1.807, 2.05) is 56.7 Å². The second kappa shape index (κ2) is 9.23. The molecule has 210 valence electrons. The first-order valence-electron chi connectivity index (χ1n) is 14.9. The van der Waals surface area contributed by atoms with Crippen LogP contribution in [0.4, 0.5) is 0 Å². The zero-order valence-electron chi connectivity index (χ0n) is 23.6. The van der Waals surface area contributed by atoms with Gasteiger partial charge >= 0.3 is 0 Å². The molecule has 0 atom stereocenters. The molecule has 0 fully saturated rings. The van der Waals surface area contributed by atoms with Crippen molar-refractivity contribution in [2.75, 3.05) is 0 Å². The molecule has 0 saturated carbocycles. The van der Waals surface area contributed by atoms with Crippen molar-refractivity contribution in [2.24, 2.45) is 0 Å². The maximum Gasteiger partial charge on any atom is 0.0442 e. The molecule has 0 bridgehead atoms. The summed E-state index contributed by atoms with van der Waals surface area (Å²) in [7, 11) is 0. The molecule has 0 saturated heterocycles. The Morgan fingerprint density at radius 3 is 1.29 bits per heavy atom. The van der Waals surface area contributed by atoms with E-state index in [-0.39, 0.29) is 0 Å². The van der Waals surface area contributed by atoms with E-state index in [1.165, 1.54) is 103 Å². The van der Waals surface area contributed by atoms with Crippen molar-refractivity contribution in [3.63, 3.8) is 0 Å². The summed E-state index contributed by atoms with van der Waals surface area (Å²) in [4.78, 5) is 0. The number of benzene rings is 6. The fourth-order valence-corrected chi connectivity index (χ4v) is 13.1. The average Bonchev–Trinajstić information content (AvgIpc) is 3.90. The Morgan fingerprint density at radius 1 is 0.311 bits per heavy atom. The van der Waals surface area contributed by atoms with Gasteiger partial charge in [-0.25, -0.2) is 0 Å². The Kier molecular flexibility index (Phi) is 5.15. The lowest BCUT2D eigenvalue weighted by Crippen LogP contribution is -1.82. The van der Waals surface area contributed by atoms with Gasteiger partial charge in [0.15, 0.2) is 0 Å². The van der Waals surface area contributed by atoms with E-state index < -0.39 is 0 Å². The summed E-state index contributed by atoms with van der Waals surface area (Å²) >= 11 is 9.57. The van der Waals surface area contributed by atoms with Gasteiger partial charge in [-0.05, 0) is 58.3 Å².